The summed E-state index contributed by atoms with van der Waals surface area (Å²) in [5.74, 6) is 1.39. The van der Waals surface area contributed by atoms with Crippen LogP contribution in [0, 0.1) is 12.3 Å². The van der Waals surface area contributed by atoms with E-state index in [0.29, 0.717) is 49.4 Å². The summed E-state index contributed by atoms with van der Waals surface area (Å²) >= 11 is 1.51. The molecule has 7 nitrogen and oxygen atoms in total. The first-order chi connectivity index (χ1) is 22.1. The topological polar surface area (TPSA) is 85.3 Å². The van der Waals surface area contributed by atoms with Gasteiger partial charge in [-0.2, -0.15) is 0 Å². The lowest BCUT2D eigenvalue weighted by atomic mass is 9.65. The summed E-state index contributed by atoms with van der Waals surface area (Å²) in [6.45, 7) is 7.25. The fourth-order valence-electron chi connectivity index (χ4n) is 7.98. The molecule has 1 saturated carbocycles. The number of benzene rings is 2. The number of ketones is 1. The molecule has 1 spiro atoms. The number of carbonyl (C=O) groups is 2. The molecule has 4 atom stereocenters. The van der Waals surface area contributed by atoms with Crippen LogP contribution in [0.15, 0.2) is 60.2 Å². The number of allylic oxidation sites excluding steroid dienone is 2. The van der Waals surface area contributed by atoms with Gasteiger partial charge in [0.1, 0.15) is 17.1 Å². The van der Waals surface area contributed by atoms with Gasteiger partial charge >= 0.3 is 6.09 Å². The van der Waals surface area contributed by atoms with Crippen LogP contribution in [0.5, 0.6) is 11.5 Å². The summed E-state index contributed by atoms with van der Waals surface area (Å²) in [4.78, 5) is 31.4. The van der Waals surface area contributed by atoms with Crippen LogP contribution in [0.3, 0.4) is 0 Å². The number of aryl methyl sites for hydroxylation is 1. The Labute approximate surface area is 276 Å². The molecule has 1 amide bonds. The van der Waals surface area contributed by atoms with Crippen LogP contribution in [-0.4, -0.2) is 54.4 Å². The third-order valence-corrected chi connectivity index (χ3v) is 11.7. The highest BCUT2D eigenvalue weighted by atomic mass is 32.1. The number of fused-ring (bicyclic) bond motifs is 8. The normalized spacial score (nSPS) is 26.4. The molecule has 2 heterocycles. The van der Waals surface area contributed by atoms with E-state index in [4.69, 9.17) is 14.2 Å². The molecule has 1 aliphatic heterocycles. The molecular formula is C38H45NO6S. The Hall–Kier alpha value is -3.62. The summed E-state index contributed by atoms with van der Waals surface area (Å²) in [6, 6.07) is 15.8. The molecule has 3 aliphatic carbocycles. The molecule has 1 aromatic heterocycles. The van der Waals surface area contributed by atoms with E-state index in [1.54, 1.807) is 19.1 Å². The van der Waals surface area contributed by atoms with Crippen molar-refractivity contribution in [1.29, 1.82) is 0 Å². The number of carbonyl (C=O) groups excluding carboxylic acids is 2. The third kappa shape index (κ3) is 5.97. The zero-order valence-corrected chi connectivity index (χ0v) is 28.4. The number of methoxy groups -OCH3 is 2. The van der Waals surface area contributed by atoms with Gasteiger partial charge in [-0.05, 0) is 106 Å². The highest BCUT2D eigenvalue weighted by Crippen LogP contribution is 2.62. The first kappa shape index (κ1) is 32.3. The van der Waals surface area contributed by atoms with Crippen LogP contribution in [-0.2, 0) is 17.7 Å². The molecule has 2 fully saturated rings. The van der Waals surface area contributed by atoms with Crippen molar-refractivity contribution in [2.75, 3.05) is 20.8 Å². The highest BCUT2D eigenvalue weighted by molar-refractivity contribution is 7.14. The maximum Gasteiger partial charge on any atom is 0.410 e. The monoisotopic (exact) mass is 643 g/mol. The number of thiophene rings is 1. The molecule has 3 aromatic rings. The molecule has 244 valence electrons. The van der Waals surface area contributed by atoms with E-state index >= 15 is 0 Å². The van der Waals surface area contributed by atoms with Crippen molar-refractivity contribution < 1.29 is 28.9 Å². The Bertz CT molecular complexity index is 1660. The van der Waals surface area contributed by atoms with E-state index in [1.807, 2.05) is 43.3 Å². The fraction of sp³-hybridized carbons (Fsp3) is 0.474. The minimum atomic E-state index is -0.706. The largest absolute Gasteiger partial charge is 0.497 e. The van der Waals surface area contributed by atoms with Gasteiger partial charge in [0, 0.05) is 27.5 Å². The van der Waals surface area contributed by atoms with Gasteiger partial charge in [0.05, 0.1) is 38.3 Å². The summed E-state index contributed by atoms with van der Waals surface area (Å²) in [7, 11) is 3.24. The van der Waals surface area contributed by atoms with Gasteiger partial charge in [-0.1, -0.05) is 30.7 Å². The van der Waals surface area contributed by atoms with Gasteiger partial charge in [0.25, 0.3) is 0 Å². The minimum absolute atomic E-state index is 0.00593. The molecule has 8 heteroatoms. The maximum atomic E-state index is 14.2. The van der Waals surface area contributed by atoms with Crippen LogP contribution in [0.1, 0.15) is 95.1 Å². The molecule has 0 radical (unpaired) electrons. The van der Waals surface area contributed by atoms with Crippen LogP contribution >= 0.6 is 11.3 Å². The number of rotatable bonds is 6. The molecular weight excluding hydrogens is 598 g/mol. The molecule has 4 aliphatic rings. The molecule has 1 saturated heterocycles. The predicted octanol–water partition coefficient (Wildman–Crippen LogP) is 8.00. The van der Waals surface area contributed by atoms with E-state index in [1.165, 1.54) is 16.9 Å². The number of aliphatic hydroxyl groups is 1. The first-order valence-electron chi connectivity index (χ1n) is 16.3. The molecule has 46 heavy (non-hydrogen) atoms. The predicted molar refractivity (Wildman–Crippen MR) is 180 cm³/mol. The number of amides is 1. The third-order valence-electron chi connectivity index (χ3n) is 10.7. The average molecular weight is 644 g/mol. The van der Waals surface area contributed by atoms with Gasteiger partial charge in [-0.25, -0.2) is 4.79 Å². The molecule has 1 N–H and O–H groups in total. The lowest BCUT2D eigenvalue weighted by molar-refractivity contribution is -0.0373. The zero-order valence-electron chi connectivity index (χ0n) is 27.6. The van der Waals surface area contributed by atoms with E-state index in [9.17, 15) is 14.7 Å². The van der Waals surface area contributed by atoms with Crippen molar-refractivity contribution in [1.82, 2.24) is 4.90 Å². The Balaban J connectivity index is 1.40. The second kappa shape index (κ2) is 12.9. The van der Waals surface area contributed by atoms with Crippen molar-refractivity contribution in [2.45, 2.75) is 89.9 Å². The van der Waals surface area contributed by atoms with Crippen LogP contribution in [0.2, 0.25) is 0 Å². The van der Waals surface area contributed by atoms with Crippen molar-refractivity contribution in [3.8, 4) is 11.5 Å². The Morgan fingerprint density at radius 1 is 1.07 bits per heavy atom. The first-order valence-corrected chi connectivity index (χ1v) is 17.1. The minimum Gasteiger partial charge on any atom is -0.497 e. The highest BCUT2D eigenvalue weighted by Gasteiger charge is 2.64. The van der Waals surface area contributed by atoms with E-state index in [2.05, 4.69) is 32.1 Å². The smallest absolute Gasteiger partial charge is 0.410 e. The summed E-state index contributed by atoms with van der Waals surface area (Å²) in [5, 5.41) is 10.9. The number of aliphatic hydroxyl groups excluding tert-OH is 1. The maximum absolute atomic E-state index is 14.2. The SMILES string of the molecule is COc1ccc(CN2CC3(CCC4c5ccc(cc5C(=O)c5ccc(C)s5)CC(O)CCC(C)=CCCC43C)OC2=O)c(OC)c1. The van der Waals surface area contributed by atoms with Crippen molar-refractivity contribution in [2.24, 2.45) is 5.41 Å². The Kier molecular flexibility index (Phi) is 9.05. The summed E-state index contributed by atoms with van der Waals surface area (Å²) < 4.78 is 17.5. The number of nitrogens with zero attached hydrogens (tertiary/aromatic N) is 1. The second-order valence-electron chi connectivity index (χ2n) is 13.6. The van der Waals surface area contributed by atoms with E-state index < -0.39 is 17.1 Å². The average Bonchev–Trinajstić information content (AvgIpc) is 3.70. The van der Waals surface area contributed by atoms with Crippen molar-refractivity contribution >= 4 is 23.2 Å². The summed E-state index contributed by atoms with van der Waals surface area (Å²) in [6.07, 6.45) is 6.63. The van der Waals surface area contributed by atoms with Gasteiger partial charge < -0.3 is 19.3 Å². The quantitative estimate of drug-likeness (QED) is 0.216. The second-order valence-corrected chi connectivity index (χ2v) is 14.8. The standard InChI is InChI=1S/C38H45NO6S/c1-24-7-6-17-37(3)32(16-18-38(37)23-39(36(42)45-38)22-27-11-13-29(43-4)21-33(27)44-5)30-14-10-26(19-28(40)12-8-24)20-31(30)35(41)34-15-9-25(2)46-34/h7,9-11,13-15,20-21,28,32,40H,6,8,12,16-19,22-23H2,1-5H3. The van der Waals surface area contributed by atoms with Crippen molar-refractivity contribution in [3.05, 3.63) is 92.2 Å². The summed E-state index contributed by atoms with van der Waals surface area (Å²) in [5.41, 5.74) is 3.70. The molecule has 2 aromatic carbocycles. The van der Waals surface area contributed by atoms with E-state index in [-0.39, 0.29) is 17.8 Å². The number of hydrogen-bond acceptors (Lipinski definition) is 7. The van der Waals surface area contributed by atoms with Crippen LogP contribution < -0.4 is 9.47 Å². The Morgan fingerprint density at radius 2 is 1.89 bits per heavy atom. The lowest BCUT2D eigenvalue weighted by Crippen LogP contribution is -2.48. The fourth-order valence-corrected chi connectivity index (χ4v) is 8.80. The van der Waals surface area contributed by atoms with Crippen LogP contribution in [0.25, 0.3) is 0 Å². The number of hydrogen-bond donors (Lipinski definition) is 1. The van der Waals surface area contributed by atoms with Gasteiger partial charge in [0.15, 0.2) is 0 Å². The van der Waals surface area contributed by atoms with Gasteiger partial charge in [-0.15, -0.1) is 11.3 Å². The molecule has 2 bridgehead atoms. The Morgan fingerprint density at radius 3 is 2.63 bits per heavy atom. The van der Waals surface area contributed by atoms with Gasteiger partial charge in [0.2, 0.25) is 5.78 Å². The van der Waals surface area contributed by atoms with E-state index in [0.717, 1.165) is 52.1 Å². The molecule has 4 unspecified atom stereocenters. The number of ether oxygens (including phenoxy) is 3. The van der Waals surface area contributed by atoms with Gasteiger partial charge in [-0.3, -0.25) is 9.69 Å². The van der Waals surface area contributed by atoms with Crippen molar-refractivity contribution in [3.63, 3.8) is 0 Å². The molecule has 7 rings (SSSR count). The van der Waals surface area contributed by atoms with Crippen LogP contribution in [0.4, 0.5) is 4.79 Å². The lowest BCUT2D eigenvalue weighted by Gasteiger charge is -2.43. The zero-order chi connectivity index (χ0) is 32.6.